The topological polar surface area (TPSA) is 57.7 Å². The summed E-state index contributed by atoms with van der Waals surface area (Å²) in [5.41, 5.74) is 4.70. The number of thiophene rings is 1. The Bertz CT molecular complexity index is 1340. The molecule has 0 bridgehead atoms. The number of carbonyl (C=O) groups excluding carboxylic acids is 3. The maximum atomic E-state index is 13.9. The van der Waals surface area contributed by atoms with Crippen molar-refractivity contribution in [1.29, 1.82) is 0 Å². The third kappa shape index (κ3) is 2.80. The minimum absolute atomic E-state index is 0.102. The van der Waals surface area contributed by atoms with Gasteiger partial charge in [0.25, 0.3) is 0 Å². The Balaban J connectivity index is 1.51. The first-order valence-electron chi connectivity index (χ1n) is 11.0. The predicted octanol–water partition coefficient (Wildman–Crippen LogP) is 4.76. The molecular weight excluding hydrogens is 432 g/mol. The van der Waals surface area contributed by atoms with E-state index in [0.29, 0.717) is 10.6 Å². The number of benzene rings is 2. The lowest BCUT2D eigenvalue weighted by Crippen LogP contribution is -2.44. The Labute approximate surface area is 195 Å². The summed E-state index contributed by atoms with van der Waals surface area (Å²) in [5, 5.41) is 1.86. The fourth-order valence-electron chi connectivity index (χ4n) is 5.54. The fourth-order valence-corrected chi connectivity index (χ4v) is 6.24. The number of imide groups is 1. The quantitative estimate of drug-likeness (QED) is 0.423. The van der Waals surface area contributed by atoms with Gasteiger partial charge in [0, 0.05) is 6.20 Å². The maximum Gasteiger partial charge on any atom is 0.240 e. The Morgan fingerprint density at radius 2 is 1.70 bits per heavy atom. The molecule has 2 fully saturated rings. The van der Waals surface area contributed by atoms with Gasteiger partial charge in [-0.3, -0.25) is 14.4 Å². The summed E-state index contributed by atoms with van der Waals surface area (Å²) in [4.78, 5) is 45.2. The zero-order valence-electron chi connectivity index (χ0n) is 18.3. The molecule has 1 aromatic heterocycles. The molecule has 6 heteroatoms. The molecule has 3 aliphatic rings. The van der Waals surface area contributed by atoms with Crippen LogP contribution in [-0.4, -0.2) is 28.5 Å². The Hall–Kier alpha value is -3.51. The maximum absolute atomic E-state index is 13.9. The molecule has 4 heterocycles. The van der Waals surface area contributed by atoms with Crippen molar-refractivity contribution in [2.75, 3.05) is 4.90 Å². The van der Waals surface area contributed by atoms with Crippen molar-refractivity contribution in [3.05, 3.63) is 93.3 Å². The molecule has 4 atom stereocenters. The number of fused-ring (bicyclic) bond motifs is 5. The van der Waals surface area contributed by atoms with E-state index in [9.17, 15) is 14.4 Å². The fraction of sp³-hybridized carbons (Fsp3) is 0.222. The number of anilines is 1. The first-order valence-corrected chi connectivity index (χ1v) is 11.9. The first-order chi connectivity index (χ1) is 16.0. The molecule has 0 aliphatic carbocycles. The van der Waals surface area contributed by atoms with Gasteiger partial charge in [-0.2, -0.15) is 0 Å². The van der Waals surface area contributed by atoms with Crippen LogP contribution in [-0.2, 0) is 9.59 Å². The summed E-state index contributed by atoms with van der Waals surface area (Å²) in [7, 11) is 0. The molecular formula is C27H22N2O3S. The molecule has 0 radical (unpaired) electrons. The zero-order valence-corrected chi connectivity index (χ0v) is 19.1. The predicted molar refractivity (Wildman–Crippen MR) is 128 cm³/mol. The van der Waals surface area contributed by atoms with Crippen molar-refractivity contribution in [1.82, 2.24) is 4.90 Å². The molecule has 6 rings (SSSR count). The Morgan fingerprint density at radius 3 is 2.45 bits per heavy atom. The average molecular weight is 455 g/mol. The molecule has 0 spiro atoms. The second-order valence-corrected chi connectivity index (χ2v) is 9.90. The highest BCUT2D eigenvalue weighted by molar-refractivity contribution is 7.12. The number of rotatable bonds is 3. The van der Waals surface area contributed by atoms with E-state index >= 15 is 0 Å². The van der Waals surface area contributed by atoms with Crippen LogP contribution in [0.2, 0.25) is 0 Å². The monoisotopic (exact) mass is 454 g/mol. The minimum atomic E-state index is -0.727. The Kier molecular flexibility index (Phi) is 4.42. The summed E-state index contributed by atoms with van der Waals surface area (Å²) in [5.74, 6) is -1.96. The largest absolute Gasteiger partial charge is 0.358 e. The average Bonchev–Trinajstić information content (AvgIpc) is 3.52. The van der Waals surface area contributed by atoms with Gasteiger partial charge < -0.3 is 4.90 Å². The molecule has 3 aromatic rings. The zero-order chi connectivity index (χ0) is 22.9. The number of aryl methyl sites for hydroxylation is 2. The van der Waals surface area contributed by atoms with Gasteiger partial charge in [0.15, 0.2) is 5.78 Å². The number of nitrogens with zero attached hydrogens (tertiary/aromatic N) is 2. The molecule has 33 heavy (non-hydrogen) atoms. The van der Waals surface area contributed by atoms with E-state index in [0.717, 1.165) is 22.3 Å². The normalized spacial score (nSPS) is 25.3. The number of Topliss-reactive ketones (excluding diaryl/α,β-unsaturated/α-hetero) is 1. The first kappa shape index (κ1) is 20.1. The minimum Gasteiger partial charge on any atom is -0.358 e. The van der Waals surface area contributed by atoms with Gasteiger partial charge in [0.2, 0.25) is 11.8 Å². The van der Waals surface area contributed by atoms with Gasteiger partial charge in [-0.1, -0.05) is 36.4 Å². The number of ketones is 1. The summed E-state index contributed by atoms with van der Waals surface area (Å²) in [6.07, 6.45) is 3.86. The van der Waals surface area contributed by atoms with Crippen molar-refractivity contribution >= 4 is 40.7 Å². The van der Waals surface area contributed by atoms with Gasteiger partial charge >= 0.3 is 0 Å². The molecule has 0 unspecified atom stereocenters. The molecule has 164 valence electrons. The SMILES string of the molecule is Cc1ccc(N2C(=O)[C@@H]3[C@H](C2=O)[C@H]2c4ccccc4C=CN2[C@H]3C(=O)c2cccs2)cc1C. The van der Waals surface area contributed by atoms with Crippen LogP contribution in [0.3, 0.4) is 0 Å². The van der Waals surface area contributed by atoms with E-state index < -0.39 is 17.9 Å². The second kappa shape index (κ2) is 7.25. The number of hydrogen-bond donors (Lipinski definition) is 0. The summed E-state index contributed by atoms with van der Waals surface area (Å²) in [6.45, 7) is 3.97. The van der Waals surface area contributed by atoms with Crippen LogP contribution in [0.5, 0.6) is 0 Å². The number of hydrogen-bond acceptors (Lipinski definition) is 5. The molecule has 5 nitrogen and oxygen atoms in total. The molecule has 0 N–H and O–H groups in total. The third-order valence-electron chi connectivity index (χ3n) is 7.24. The van der Waals surface area contributed by atoms with Gasteiger partial charge in [0.05, 0.1) is 28.4 Å². The van der Waals surface area contributed by atoms with Crippen LogP contribution < -0.4 is 4.90 Å². The van der Waals surface area contributed by atoms with Crippen LogP contribution in [0.25, 0.3) is 6.08 Å². The molecule has 2 saturated heterocycles. The molecule has 3 aliphatic heterocycles. The van der Waals surface area contributed by atoms with E-state index in [4.69, 9.17) is 0 Å². The van der Waals surface area contributed by atoms with Crippen molar-refractivity contribution in [2.24, 2.45) is 11.8 Å². The number of amides is 2. The molecule has 2 aromatic carbocycles. The van der Waals surface area contributed by atoms with E-state index in [-0.39, 0.29) is 23.6 Å². The highest BCUT2D eigenvalue weighted by Crippen LogP contribution is 2.53. The van der Waals surface area contributed by atoms with Crippen molar-refractivity contribution in [2.45, 2.75) is 25.9 Å². The van der Waals surface area contributed by atoms with Crippen LogP contribution in [0.4, 0.5) is 5.69 Å². The smallest absolute Gasteiger partial charge is 0.240 e. The third-order valence-corrected chi connectivity index (χ3v) is 8.13. The highest BCUT2D eigenvalue weighted by atomic mass is 32.1. The van der Waals surface area contributed by atoms with Crippen LogP contribution in [0.1, 0.15) is 38.0 Å². The summed E-state index contributed by atoms with van der Waals surface area (Å²) in [6, 6.07) is 16.1. The van der Waals surface area contributed by atoms with Crippen molar-refractivity contribution in [3.8, 4) is 0 Å². The van der Waals surface area contributed by atoms with Crippen molar-refractivity contribution < 1.29 is 14.4 Å². The molecule has 0 saturated carbocycles. The lowest BCUT2D eigenvalue weighted by Gasteiger charge is -2.35. The highest BCUT2D eigenvalue weighted by Gasteiger charge is 2.64. The standard InChI is InChI=1S/C27H22N2O3S/c1-15-9-10-18(14-16(15)2)29-26(31)21-22(27(29)32)24(25(30)20-8-5-13-33-20)28-12-11-17-6-3-4-7-19(17)23(21)28/h3-14,21-24H,1-2H3/t21-,22+,23+,24+/m0/s1. The summed E-state index contributed by atoms with van der Waals surface area (Å²) >= 11 is 1.37. The number of carbonyl (C=O) groups is 3. The van der Waals surface area contributed by atoms with Crippen LogP contribution in [0.15, 0.2) is 66.2 Å². The van der Waals surface area contributed by atoms with E-state index in [1.54, 1.807) is 6.07 Å². The van der Waals surface area contributed by atoms with E-state index in [2.05, 4.69) is 0 Å². The summed E-state index contributed by atoms with van der Waals surface area (Å²) < 4.78 is 0. The lowest BCUT2D eigenvalue weighted by molar-refractivity contribution is -0.123. The van der Waals surface area contributed by atoms with Crippen LogP contribution >= 0.6 is 11.3 Å². The van der Waals surface area contributed by atoms with E-state index in [1.807, 2.05) is 84.9 Å². The van der Waals surface area contributed by atoms with E-state index in [1.165, 1.54) is 16.2 Å². The lowest BCUT2D eigenvalue weighted by atomic mass is 9.84. The second-order valence-electron chi connectivity index (χ2n) is 8.96. The van der Waals surface area contributed by atoms with Gasteiger partial charge in [-0.15, -0.1) is 11.3 Å². The van der Waals surface area contributed by atoms with Gasteiger partial charge in [0.1, 0.15) is 6.04 Å². The molecule has 2 amide bonds. The van der Waals surface area contributed by atoms with Crippen LogP contribution in [0, 0.1) is 25.7 Å². The van der Waals surface area contributed by atoms with Crippen molar-refractivity contribution in [3.63, 3.8) is 0 Å². The van der Waals surface area contributed by atoms with Gasteiger partial charge in [-0.25, -0.2) is 4.90 Å². The Morgan fingerprint density at radius 1 is 0.909 bits per heavy atom. The van der Waals surface area contributed by atoms with Gasteiger partial charge in [-0.05, 0) is 65.8 Å².